The van der Waals surface area contributed by atoms with Crippen LogP contribution in [-0.4, -0.2) is 11.0 Å². The zero-order valence-corrected chi connectivity index (χ0v) is 8.46. The topological polar surface area (TPSA) is 38.9 Å². The third kappa shape index (κ3) is 3.55. The summed E-state index contributed by atoms with van der Waals surface area (Å²) in [4.78, 5) is 4.15. The van der Waals surface area contributed by atoms with Crippen molar-refractivity contribution < 1.29 is 0 Å². The van der Waals surface area contributed by atoms with Crippen LogP contribution in [-0.2, 0) is 6.42 Å². The van der Waals surface area contributed by atoms with Gasteiger partial charge in [0.2, 0.25) is 0 Å². The second-order valence-corrected chi connectivity index (χ2v) is 3.58. The molecule has 2 N–H and O–H groups in total. The van der Waals surface area contributed by atoms with Gasteiger partial charge in [0, 0.05) is 18.4 Å². The van der Waals surface area contributed by atoms with Gasteiger partial charge < -0.3 is 5.73 Å². The molecule has 0 bridgehead atoms. The first-order valence-electron chi connectivity index (χ1n) is 4.88. The van der Waals surface area contributed by atoms with Crippen molar-refractivity contribution in [2.24, 2.45) is 5.73 Å². The van der Waals surface area contributed by atoms with Gasteiger partial charge in [-0.1, -0.05) is 13.0 Å². The highest BCUT2D eigenvalue weighted by atomic mass is 14.6. The van der Waals surface area contributed by atoms with Crippen LogP contribution in [0, 0.1) is 6.92 Å². The fraction of sp³-hybridized carbons (Fsp3) is 0.545. The molecule has 1 heterocycles. The molecule has 0 amide bonds. The average Bonchev–Trinajstić information content (AvgIpc) is 2.14. The number of hydrogen-bond acceptors (Lipinski definition) is 2. The van der Waals surface area contributed by atoms with Gasteiger partial charge in [-0.05, 0) is 37.3 Å². The van der Waals surface area contributed by atoms with Crippen molar-refractivity contribution >= 4 is 0 Å². The summed E-state index contributed by atoms with van der Waals surface area (Å²) in [6.07, 6.45) is 6.96. The quantitative estimate of drug-likeness (QED) is 0.766. The Morgan fingerprint density at radius 1 is 1.46 bits per heavy atom. The van der Waals surface area contributed by atoms with Crippen LogP contribution in [0.4, 0.5) is 0 Å². The van der Waals surface area contributed by atoms with E-state index in [0.29, 0.717) is 6.04 Å². The largest absolute Gasteiger partial charge is 0.328 e. The van der Waals surface area contributed by atoms with Gasteiger partial charge in [0.25, 0.3) is 0 Å². The summed E-state index contributed by atoms with van der Waals surface area (Å²) in [6, 6.07) is 2.51. The molecule has 72 valence electrons. The highest BCUT2D eigenvalue weighted by molar-refractivity contribution is 5.16. The first kappa shape index (κ1) is 10.2. The lowest BCUT2D eigenvalue weighted by Gasteiger charge is -2.07. The van der Waals surface area contributed by atoms with Crippen LogP contribution in [0.15, 0.2) is 18.5 Å². The van der Waals surface area contributed by atoms with Crippen molar-refractivity contribution in [2.45, 2.75) is 39.2 Å². The summed E-state index contributed by atoms with van der Waals surface area (Å²) >= 11 is 0. The van der Waals surface area contributed by atoms with E-state index >= 15 is 0 Å². The van der Waals surface area contributed by atoms with E-state index < -0.39 is 0 Å². The second kappa shape index (κ2) is 4.97. The zero-order chi connectivity index (χ0) is 9.68. The van der Waals surface area contributed by atoms with Crippen molar-refractivity contribution in [1.82, 2.24) is 4.98 Å². The smallest absolute Gasteiger partial charge is 0.0300 e. The molecule has 1 aromatic heterocycles. The molecule has 2 heteroatoms. The van der Waals surface area contributed by atoms with Gasteiger partial charge in [-0.3, -0.25) is 4.98 Å². The normalized spacial score (nSPS) is 12.8. The van der Waals surface area contributed by atoms with E-state index in [1.807, 2.05) is 12.4 Å². The summed E-state index contributed by atoms with van der Waals surface area (Å²) in [5.74, 6) is 0. The molecule has 1 atom stereocenters. The fourth-order valence-corrected chi connectivity index (χ4v) is 1.31. The Morgan fingerprint density at radius 2 is 2.23 bits per heavy atom. The lowest BCUT2D eigenvalue weighted by molar-refractivity contribution is 0.595. The summed E-state index contributed by atoms with van der Waals surface area (Å²) in [7, 11) is 0. The number of rotatable bonds is 4. The molecule has 0 saturated carbocycles. The molecule has 1 unspecified atom stereocenters. The van der Waals surface area contributed by atoms with Crippen LogP contribution >= 0.6 is 0 Å². The molecule has 13 heavy (non-hydrogen) atoms. The molecule has 0 fully saturated rings. The second-order valence-electron chi connectivity index (χ2n) is 3.58. The van der Waals surface area contributed by atoms with E-state index in [4.69, 9.17) is 5.73 Å². The molecule has 1 rings (SSSR count). The lowest BCUT2D eigenvalue weighted by atomic mass is 10.0. The van der Waals surface area contributed by atoms with Crippen molar-refractivity contribution in [3.05, 3.63) is 29.6 Å². The predicted octanol–water partition coefficient (Wildman–Crippen LogP) is 2.06. The maximum absolute atomic E-state index is 5.84. The Labute approximate surface area is 80.2 Å². The molecule has 0 aromatic carbocycles. The Hall–Kier alpha value is -0.890. The average molecular weight is 178 g/mol. The van der Waals surface area contributed by atoms with Crippen molar-refractivity contribution in [2.75, 3.05) is 0 Å². The van der Waals surface area contributed by atoms with Gasteiger partial charge in [0.15, 0.2) is 0 Å². The number of hydrogen-bond donors (Lipinski definition) is 1. The minimum Gasteiger partial charge on any atom is -0.328 e. The van der Waals surface area contributed by atoms with Crippen LogP contribution < -0.4 is 5.73 Å². The summed E-state index contributed by atoms with van der Waals surface area (Å²) in [5.41, 5.74) is 8.36. The SMILES string of the molecule is CCC(N)CCc1cncc(C)c1. The first-order valence-corrected chi connectivity index (χ1v) is 4.88. The maximum Gasteiger partial charge on any atom is 0.0300 e. The molecule has 0 radical (unpaired) electrons. The zero-order valence-electron chi connectivity index (χ0n) is 8.46. The highest BCUT2D eigenvalue weighted by Crippen LogP contribution is 2.06. The number of aryl methyl sites for hydroxylation is 2. The van der Waals surface area contributed by atoms with Gasteiger partial charge in [0.1, 0.15) is 0 Å². The van der Waals surface area contributed by atoms with Crippen LogP contribution in [0.2, 0.25) is 0 Å². The highest BCUT2D eigenvalue weighted by Gasteiger charge is 2.00. The van der Waals surface area contributed by atoms with Gasteiger partial charge >= 0.3 is 0 Å². The Balaban J connectivity index is 2.45. The fourth-order valence-electron chi connectivity index (χ4n) is 1.31. The van der Waals surface area contributed by atoms with E-state index in [-0.39, 0.29) is 0 Å². The molecular weight excluding hydrogens is 160 g/mol. The number of nitrogens with two attached hydrogens (primary N) is 1. The third-order valence-corrected chi connectivity index (χ3v) is 2.26. The Bertz CT molecular complexity index is 258. The standard InChI is InChI=1S/C11H18N2/c1-3-11(12)5-4-10-6-9(2)7-13-8-10/h6-8,11H,3-5,12H2,1-2H3. The summed E-state index contributed by atoms with van der Waals surface area (Å²) < 4.78 is 0. The first-order chi connectivity index (χ1) is 6.22. The lowest BCUT2D eigenvalue weighted by Crippen LogP contribution is -2.19. The monoisotopic (exact) mass is 178 g/mol. The molecule has 2 nitrogen and oxygen atoms in total. The predicted molar refractivity (Wildman–Crippen MR) is 55.6 cm³/mol. The van der Waals surface area contributed by atoms with Gasteiger partial charge in [0.05, 0.1) is 0 Å². The van der Waals surface area contributed by atoms with Crippen LogP contribution in [0.1, 0.15) is 30.9 Å². The van der Waals surface area contributed by atoms with E-state index in [0.717, 1.165) is 19.3 Å². The van der Waals surface area contributed by atoms with Crippen LogP contribution in [0.5, 0.6) is 0 Å². The summed E-state index contributed by atoms with van der Waals surface area (Å²) in [6.45, 7) is 4.19. The molecule has 0 spiro atoms. The molecule has 0 saturated heterocycles. The maximum atomic E-state index is 5.84. The van der Waals surface area contributed by atoms with Gasteiger partial charge in [-0.25, -0.2) is 0 Å². The van der Waals surface area contributed by atoms with Crippen LogP contribution in [0.25, 0.3) is 0 Å². The molecule has 0 aliphatic heterocycles. The Kier molecular flexibility index (Phi) is 3.90. The van der Waals surface area contributed by atoms with Crippen molar-refractivity contribution in [1.29, 1.82) is 0 Å². The minimum absolute atomic E-state index is 0.334. The Morgan fingerprint density at radius 3 is 2.85 bits per heavy atom. The molecule has 1 aromatic rings. The number of pyridine rings is 1. The van der Waals surface area contributed by atoms with E-state index in [9.17, 15) is 0 Å². The molecule has 0 aliphatic rings. The number of nitrogens with zero attached hydrogens (tertiary/aromatic N) is 1. The van der Waals surface area contributed by atoms with Crippen molar-refractivity contribution in [3.8, 4) is 0 Å². The minimum atomic E-state index is 0.334. The van der Waals surface area contributed by atoms with Gasteiger partial charge in [-0.2, -0.15) is 0 Å². The third-order valence-electron chi connectivity index (χ3n) is 2.26. The van der Waals surface area contributed by atoms with E-state index in [2.05, 4.69) is 24.9 Å². The summed E-state index contributed by atoms with van der Waals surface area (Å²) in [5, 5.41) is 0. The van der Waals surface area contributed by atoms with E-state index in [1.165, 1.54) is 11.1 Å². The van der Waals surface area contributed by atoms with Gasteiger partial charge in [-0.15, -0.1) is 0 Å². The molecular formula is C11H18N2. The molecule has 0 aliphatic carbocycles. The van der Waals surface area contributed by atoms with E-state index in [1.54, 1.807) is 0 Å². The van der Waals surface area contributed by atoms with Crippen molar-refractivity contribution in [3.63, 3.8) is 0 Å². The number of aromatic nitrogens is 1. The van der Waals surface area contributed by atoms with Crippen LogP contribution in [0.3, 0.4) is 0 Å².